The lowest BCUT2D eigenvalue weighted by atomic mass is 10.1. The molecule has 3 aromatic rings. The lowest BCUT2D eigenvalue weighted by molar-refractivity contribution is 0.0169. The second-order valence-corrected chi connectivity index (χ2v) is 7.31. The number of amides is 1. The Bertz CT molecular complexity index is 1110. The maximum atomic E-state index is 14.4. The zero-order valence-corrected chi connectivity index (χ0v) is 16.3. The van der Waals surface area contributed by atoms with Crippen molar-refractivity contribution in [3.8, 4) is 0 Å². The third kappa shape index (κ3) is 3.75. The summed E-state index contributed by atoms with van der Waals surface area (Å²) in [5, 5.41) is 12.3. The van der Waals surface area contributed by atoms with E-state index in [1.165, 1.54) is 35.1 Å². The number of rotatable bonds is 6. The number of hydroxylamine groups is 1. The van der Waals surface area contributed by atoms with Gasteiger partial charge >= 0.3 is 0 Å². The standard InChI is InChI=1S/C18H19FN4O4S/c1-9-4-5-12(11(19)8-9)21-16-13(17(25)22-27-7-6-24)14-15(18(26)23(16)3)28-10(2)20-14/h4-5,8,21,24H,6-7H2,1-3H3,(H,22,25). The monoisotopic (exact) mass is 406 g/mol. The maximum Gasteiger partial charge on any atom is 0.280 e. The number of carbonyl (C=O) groups excluding carboxylic acids is 1. The molecule has 2 heterocycles. The number of nitrogens with one attached hydrogen (secondary N) is 2. The van der Waals surface area contributed by atoms with Gasteiger partial charge in [0.05, 0.1) is 23.9 Å². The minimum absolute atomic E-state index is 0.0411. The fourth-order valence-electron chi connectivity index (χ4n) is 2.70. The zero-order chi connectivity index (χ0) is 20.4. The van der Waals surface area contributed by atoms with Gasteiger partial charge in [-0.2, -0.15) is 0 Å². The van der Waals surface area contributed by atoms with Crippen LogP contribution in [0.2, 0.25) is 0 Å². The van der Waals surface area contributed by atoms with Gasteiger partial charge in [0.2, 0.25) is 0 Å². The van der Waals surface area contributed by atoms with Gasteiger partial charge < -0.3 is 10.4 Å². The largest absolute Gasteiger partial charge is 0.394 e. The van der Waals surface area contributed by atoms with Crippen LogP contribution < -0.4 is 16.4 Å². The Kier molecular flexibility index (Phi) is 5.73. The Morgan fingerprint density at radius 3 is 2.82 bits per heavy atom. The molecule has 1 amide bonds. The Morgan fingerprint density at radius 1 is 1.39 bits per heavy atom. The molecule has 2 aromatic heterocycles. The predicted octanol–water partition coefficient (Wildman–Crippen LogP) is 2.15. The van der Waals surface area contributed by atoms with Crippen molar-refractivity contribution in [1.82, 2.24) is 15.0 Å². The van der Waals surface area contributed by atoms with E-state index in [-0.39, 0.29) is 41.4 Å². The molecule has 0 radical (unpaired) electrons. The number of carbonyl (C=O) groups is 1. The van der Waals surface area contributed by atoms with Crippen LogP contribution in [0.15, 0.2) is 23.0 Å². The normalized spacial score (nSPS) is 11.0. The van der Waals surface area contributed by atoms with Crippen molar-refractivity contribution in [2.75, 3.05) is 18.5 Å². The third-order valence-corrected chi connectivity index (χ3v) is 4.96. The fraction of sp³-hybridized carbons (Fsp3) is 0.278. The molecule has 0 atom stereocenters. The van der Waals surface area contributed by atoms with Crippen molar-refractivity contribution in [3.05, 3.63) is 50.5 Å². The highest BCUT2D eigenvalue weighted by molar-refractivity contribution is 7.18. The average Bonchev–Trinajstić information content (AvgIpc) is 3.03. The Balaban J connectivity index is 2.19. The van der Waals surface area contributed by atoms with E-state index in [9.17, 15) is 14.0 Å². The van der Waals surface area contributed by atoms with Crippen molar-refractivity contribution in [2.45, 2.75) is 13.8 Å². The van der Waals surface area contributed by atoms with E-state index in [4.69, 9.17) is 9.94 Å². The van der Waals surface area contributed by atoms with Crippen LogP contribution in [-0.2, 0) is 11.9 Å². The van der Waals surface area contributed by atoms with Gasteiger partial charge in [-0.15, -0.1) is 11.3 Å². The van der Waals surface area contributed by atoms with Crippen molar-refractivity contribution in [3.63, 3.8) is 0 Å². The smallest absolute Gasteiger partial charge is 0.280 e. The lowest BCUT2D eigenvalue weighted by Gasteiger charge is -2.17. The van der Waals surface area contributed by atoms with Crippen molar-refractivity contribution >= 4 is 39.0 Å². The van der Waals surface area contributed by atoms with E-state index in [1.807, 2.05) is 0 Å². The first-order chi connectivity index (χ1) is 13.3. The van der Waals surface area contributed by atoms with Gasteiger partial charge in [-0.3, -0.25) is 19.0 Å². The molecule has 0 bridgehead atoms. The number of aromatic nitrogens is 2. The zero-order valence-electron chi connectivity index (χ0n) is 15.5. The molecule has 1 aromatic carbocycles. The SMILES string of the molecule is Cc1ccc(Nc2c(C(=O)NOCCO)c3nc(C)sc3c(=O)n2C)c(F)c1. The molecule has 10 heteroatoms. The molecule has 0 aliphatic rings. The summed E-state index contributed by atoms with van der Waals surface area (Å²) in [5.41, 5.74) is 2.94. The summed E-state index contributed by atoms with van der Waals surface area (Å²) in [7, 11) is 1.48. The van der Waals surface area contributed by atoms with E-state index < -0.39 is 11.7 Å². The lowest BCUT2D eigenvalue weighted by Crippen LogP contribution is -2.30. The molecule has 0 aliphatic carbocycles. The number of anilines is 2. The second-order valence-electron chi connectivity index (χ2n) is 6.11. The van der Waals surface area contributed by atoms with Gasteiger partial charge in [-0.05, 0) is 31.5 Å². The molecule has 28 heavy (non-hydrogen) atoms. The van der Waals surface area contributed by atoms with Crippen LogP contribution in [0.5, 0.6) is 0 Å². The maximum absolute atomic E-state index is 14.4. The van der Waals surface area contributed by atoms with Crippen molar-refractivity contribution in [2.24, 2.45) is 7.05 Å². The van der Waals surface area contributed by atoms with Gasteiger partial charge in [0, 0.05) is 7.05 Å². The second kappa shape index (κ2) is 8.05. The van der Waals surface area contributed by atoms with Gasteiger partial charge in [-0.25, -0.2) is 14.9 Å². The van der Waals surface area contributed by atoms with E-state index in [0.29, 0.717) is 9.71 Å². The van der Waals surface area contributed by atoms with Crippen LogP contribution in [0.25, 0.3) is 10.2 Å². The van der Waals surface area contributed by atoms with Crippen molar-refractivity contribution in [1.29, 1.82) is 0 Å². The van der Waals surface area contributed by atoms with Crippen LogP contribution in [0.3, 0.4) is 0 Å². The Labute approximate surface area is 163 Å². The summed E-state index contributed by atoms with van der Waals surface area (Å²) in [6.07, 6.45) is 0. The minimum Gasteiger partial charge on any atom is -0.394 e. The first kappa shape index (κ1) is 19.9. The molecule has 148 valence electrons. The van der Waals surface area contributed by atoms with Crippen molar-refractivity contribution < 1.29 is 19.1 Å². The number of benzene rings is 1. The van der Waals surface area contributed by atoms with E-state index in [2.05, 4.69) is 15.8 Å². The fourth-order valence-corrected chi connectivity index (χ4v) is 3.60. The number of thiazole rings is 1. The molecule has 8 nitrogen and oxygen atoms in total. The molecule has 0 unspecified atom stereocenters. The topological polar surface area (TPSA) is 105 Å². The molecule has 0 spiro atoms. The molecule has 3 N–H and O–H groups in total. The van der Waals surface area contributed by atoms with E-state index in [1.54, 1.807) is 19.9 Å². The van der Waals surface area contributed by atoms with Crippen LogP contribution in [0.1, 0.15) is 20.9 Å². The Morgan fingerprint density at radius 2 is 2.14 bits per heavy atom. The number of pyridine rings is 1. The first-order valence-electron chi connectivity index (χ1n) is 8.39. The summed E-state index contributed by atoms with van der Waals surface area (Å²) in [6.45, 7) is 3.09. The first-order valence-corrected chi connectivity index (χ1v) is 9.21. The number of nitrogens with zero attached hydrogens (tertiary/aromatic N) is 2. The Hall–Kier alpha value is -2.82. The third-order valence-electron chi connectivity index (χ3n) is 4.00. The summed E-state index contributed by atoms with van der Waals surface area (Å²) in [4.78, 5) is 34.7. The summed E-state index contributed by atoms with van der Waals surface area (Å²) >= 11 is 1.17. The molecular formula is C18H19FN4O4S. The quantitative estimate of drug-likeness (QED) is 0.428. The van der Waals surface area contributed by atoms with Gasteiger partial charge in [0.25, 0.3) is 11.5 Å². The number of halogens is 1. The summed E-state index contributed by atoms with van der Waals surface area (Å²) in [5.74, 6) is -1.12. The highest BCUT2D eigenvalue weighted by Gasteiger charge is 2.24. The molecule has 0 aliphatic heterocycles. The number of hydrogen-bond acceptors (Lipinski definition) is 7. The number of aliphatic hydroxyl groups excluding tert-OH is 1. The molecule has 3 rings (SSSR count). The van der Waals surface area contributed by atoms with E-state index in [0.717, 1.165) is 5.56 Å². The van der Waals surface area contributed by atoms with Gasteiger partial charge in [0.15, 0.2) is 0 Å². The molecule has 0 saturated carbocycles. The van der Waals surface area contributed by atoms with Gasteiger partial charge in [-0.1, -0.05) is 6.07 Å². The minimum atomic E-state index is -0.672. The number of aliphatic hydroxyl groups is 1. The van der Waals surface area contributed by atoms with Crippen LogP contribution in [0, 0.1) is 19.7 Å². The van der Waals surface area contributed by atoms with Crippen LogP contribution >= 0.6 is 11.3 Å². The number of hydrogen-bond donors (Lipinski definition) is 3. The van der Waals surface area contributed by atoms with Crippen LogP contribution in [-0.4, -0.2) is 33.8 Å². The highest BCUT2D eigenvalue weighted by atomic mass is 32.1. The summed E-state index contributed by atoms with van der Waals surface area (Å²) in [6, 6.07) is 4.57. The predicted molar refractivity (Wildman–Crippen MR) is 105 cm³/mol. The molecule has 0 saturated heterocycles. The van der Waals surface area contributed by atoms with E-state index >= 15 is 0 Å². The molecular weight excluding hydrogens is 387 g/mol. The average molecular weight is 406 g/mol. The molecule has 0 fully saturated rings. The number of fused-ring (bicyclic) bond motifs is 1. The number of aryl methyl sites for hydroxylation is 2. The highest BCUT2D eigenvalue weighted by Crippen LogP contribution is 2.29. The van der Waals surface area contributed by atoms with Gasteiger partial charge in [0.1, 0.15) is 27.4 Å². The van der Waals surface area contributed by atoms with Crippen LogP contribution in [0.4, 0.5) is 15.9 Å². The summed E-state index contributed by atoms with van der Waals surface area (Å²) < 4.78 is 15.9.